The Morgan fingerprint density at radius 3 is 2.38 bits per heavy atom. The van der Waals surface area contributed by atoms with E-state index in [0.29, 0.717) is 6.54 Å². The fourth-order valence-electron chi connectivity index (χ4n) is 3.85. The van der Waals surface area contributed by atoms with Gasteiger partial charge < -0.3 is 10.6 Å². The lowest BCUT2D eigenvalue weighted by Gasteiger charge is -2.33. The zero-order valence-corrected chi connectivity index (χ0v) is 18.8. The summed E-state index contributed by atoms with van der Waals surface area (Å²) in [4.78, 5) is 26.6. The van der Waals surface area contributed by atoms with Crippen molar-refractivity contribution in [3.8, 4) is 0 Å². The number of nitrogens with one attached hydrogen (secondary N) is 2. The summed E-state index contributed by atoms with van der Waals surface area (Å²) in [5, 5.41) is 6.21. The standard InChI is InChI=1S/C20H27ClFN3O2.C2H6/c1-19(2,3)24-17(26)12-25-6-4-20(5-7-25)11-16(20)23-18(27)13-8-14(21)10-15(22)9-13;1-2/h8-10,16H,4-7,11-12H2,1-3H3,(H,23,27)(H,24,26);1-2H3. The summed E-state index contributed by atoms with van der Waals surface area (Å²) in [6, 6.07) is 3.97. The van der Waals surface area contributed by atoms with E-state index in [9.17, 15) is 14.0 Å². The number of carbonyl (C=O) groups is 2. The molecule has 0 bridgehead atoms. The monoisotopic (exact) mass is 425 g/mol. The molecule has 1 unspecified atom stereocenters. The van der Waals surface area contributed by atoms with Crippen LogP contribution in [0.25, 0.3) is 0 Å². The van der Waals surface area contributed by atoms with Crippen LogP contribution >= 0.6 is 11.6 Å². The molecule has 2 fully saturated rings. The van der Waals surface area contributed by atoms with Crippen molar-refractivity contribution in [2.75, 3.05) is 19.6 Å². The minimum atomic E-state index is -0.514. The predicted octanol–water partition coefficient (Wildman–Crippen LogP) is 4.00. The molecule has 1 spiro atoms. The van der Waals surface area contributed by atoms with Crippen molar-refractivity contribution < 1.29 is 14.0 Å². The highest BCUT2D eigenvalue weighted by Crippen LogP contribution is 2.53. The first kappa shape index (κ1) is 23.6. The second-order valence-electron chi connectivity index (χ2n) is 8.82. The molecule has 1 atom stereocenters. The number of likely N-dealkylation sites (tertiary alicyclic amines) is 1. The lowest BCUT2D eigenvalue weighted by atomic mass is 9.92. The fourth-order valence-corrected chi connectivity index (χ4v) is 4.07. The van der Waals surface area contributed by atoms with Gasteiger partial charge in [-0.3, -0.25) is 14.5 Å². The molecule has 7 heteroatoms. The SMILES string of the molecule is CC.CC(C)(C)NC(=O)CN1CCC2(CC1)CC2NC(=O)c1cc(F)cc(Cl)c1. The van der Waals surface area contributed by atoms with Crippen molar-refractivity contribution in [3.05, 3.63) is 34.6 Å². The molecule has 2 aliphatic rings. The molecule has 0 aromatic heterocycles. The van der Waals surface area contributed by atoms with Crippen LogP contribution in [0.4, 0.5) is 4.39 Å². The molecule has 1 aliphatic carbocycles. The molecule has 1 aliphatic heterocycles. The Balaban J connectivity index is 0.00000145. The Kier molecular flexibility index (Phi) is 7.68. The molecular formula is C22H33ClFN3O2. The number of benzene rings is 1. The van der Waals surface area contributed by atoms with Crippen molar-refractivity contribution >= 4 is 23.4 Å². The van der Waals surface area contributed by atoms with E-state index in [4.69, 9.17) is 11.6 Å². The smallest absolute Gasteiger partial charge is 0.251 e. The first-order chi connectivity index (χ1) is 13.6. The van der Waals surface area contributed by atoms with Gasteiger partial charge in [0.15, 0.2) is 0 Å². The average molecular weight is 426 g/mol. The van der Waals surface area contributed by atoms with Crippen molar-refractivity contribution in [3.63, 3.8) is 0 Å². The van der Waals surface area contributed by atoms with Gasteiger partial charge in [0.25, 0.3) is 5.91 Å². The summed E-state index contributed by atoms with van der Waals surface area (Å²) in [6.07, 6.45) is 2.83. The van der Waals surface area contributed by atoms with Crippen LogP contribution in [0.1, 0.15) is 64.2 Å². The molecule has 1 aromatic carbocycles. The first-order valence-corrected chi connectivity index (χ1v) is 10.7. The molecule has 1 saturated heterocycles. The summed E-state index contributed by atoms with van der Waals surface area (Å²) in [5.74, 6) is -0.757. The van der Waals surface area contributed by atoms with Gasteiger partial charge in [0.05, 0.1) is 6.54 Å². The molecule has 5 nitrogen and oxygen atoms in total. The van der Waals surface area contributed by atoms with Crippen molar-refractivity contribution in [1.29, 1.82) is 0 Å². The molecule has 2 N–H and O–H groups in total. The number of nitrogens with zero attached hydrogens (tertiary/aromatic N) is 1. The Hall–Kier alpha value is -1.66. The van der Waals surface area contributed by atoms with Crippen LogP contribution in [0.2, 0.25) is 5.02 Å². The zero-order chi connectivity index (χ0) is 21.8. The molecule has 1 saturated carbocycles. The predicted molar refractivity (Wildman–Crippen MR) is 115 cm³/mol. The third kappa shape index (κ3) is 6.68. The molecular weight excluding hydrogens is 393 g/mol. The highest BCUT2D eigenvalue weighted by molar-refractivity contribution is 6.31. The number of hydrogen-bond acceptors (Lipinski definition) is 3. The van der Waals surface area contributed by atoms with E-state index in [1.807, 2.05) is 34.6 Å². The minimum Gasteiger partial charge on any atom is -0.350 e. The summed E-state index contributed by atoms with van der Waals surface area (Å²) in [6.45, 7) is 12.0. The van der Waals surface area contributed by atoms with Gasteiger partial charge in [0.1, 0.15) is 5.82 Å². The van der Waals surface area contributed by atoms with Gasteiger partial charge in [0, 0.05) is 22.2 Å². The number of piperidine rings is 1. The Labute approximate surface area is 178 Å². The molecule has 29 heavy (non-hydrogen) atoms. The minimum absolute atomic E-state index is 0.0436. The van der Waals surface area contributed by atoms with Gasteiger partial charge in [-0.15, -0.1) is 0 Å². The van der Waals surface area contributed by atoms with Gasteiger partial charge in [-0.2, -0.15) is 0 Å². The quantitative estimate of drug-likeness (QED) is 0.766. The van der Waals surface area contributed by atoms with Crippen molar-refractivity contribution in [1.82, 2.24) is 15.5 Å². The van der Waals surface area contributed by atoms with Crippen LogP contribution in [0.3, 0.4) is 0 Å². The normalized spacial score (nSPS) is 20.4. The molecule has 3 rings (SSSR count). The van der Waals surface area contributed by atoms with E-state index in [2.05, 4.69) is 15.5 Å². The van der Waals surface area contributed by atoms with E-state index in [1.54, 1.807) is 0 Å². The van der Waals surface area contributed by atoms with Crippen LogP contribution < -0.4 is 10.6 Å². The van der Waals surface area contributed by atoms with Crippen molar-refractivity contribution in [2.24, 2.45) is 5.41 Å². The number of halogens is 2. The van der Waals surface area contributed by atoms with Crippen LogP contribution in [0.15, 0.2) is 18.2 Å². The summed E-state index contributed by atoms with van der Waals surface area (Å²) >= 11 is 5.83. The van der Waals surface area contributed by atoms with Crippen LogP contribution in [0, 0.1) is 11.2 Å². The molecule has 0 radical (unpaired) electrons. The van der Waals surface area contributed by atoms with E-state index in [1.165, 1.54) is 18.2 Å². The zero-order valence-electron chi connectivity index (χ0n) is 18.1. The van der Waals surface area contributed by atoms with E-state index in [0.717, 1.165) is 32.4 Å². The van der Waals surface area contributed by atoms with Gasteiger partial charge in [-0.05, 0) is 76.7 Å². The highest BCUT2D eigenvalue weighted by Gasteiger charge is 2.55. The maximum Gasteiger partial charge on any atom is 0.251 e. The maximum absolute atomic E-state index is 13.4. The Bertz CT molecular complexity index is 720. The van der Waals surface area contributed by atoms with Gasteiger partial charge >= 0.3 is 0 Å². The number of amides is 2. The van der Waals surface area contributed by atoms with Gasteiger partial charge in [-0.1, -0.05) is 25.4 Å². The lowest BCUT2D eigenvalue weighted by Crippen LogP contribution is -2.48. The van der Waals surface area contributed by atoms with Crippen LogP contribution in [-0.2, 0) is 4.79 Å². The summed E-state index contributed by atoms with van der Waals surface area (Å²) < 4.78 is 13.4. The van der Waals surface area contributed by atoms with Crippen molar-refractivity contribution in [2.45, 2.75) is 65.5 Å². The third-order valence-electron chi connectivity index (χ3n) is 5.35. The average Bonchev–Trinajstić information content (AvgIpc) is 3.28. The molecule has 1 heterocycles. The molecule has 2 amide bonds. The van der Waals surface area contributed by atoms with Crippen LogP contribution in [-0.4, -0.2) is 47.9 Å². The Morgan fingerprint density at radius 2 is 1.83 bits per heavy atom. The highest BCUT2D eigenvalue weighted by atomic mass is 35.5. The van der Waals surface area contributed by atoms with Gasteiger partial charge in [-0.25, -0.2) is 4.39 Å². The summed E-state index contributed by atoms with van der Waals surface area (Å²) in [5.41, 5.74) is 0.141. The maximum atomic E-state index is 13.4. The third-order valence-corrected chi connectivity index (χ3v) is 5.57. The molecule has 1 aromatic rings. The first-order valence-electron chi connectivity index (χ1n) is 10.4. The number of rotatable bonds is 4. The Morgan fingerprint density at radius 1 is 1.21 bits per heavy atom. The van der Waals surface area contributed by atoms with E-state index < -0.39 is 5.82 Å². The second-order valence-corrected chi connectivity index (χ2v) is 9.26. The fraction of sp³-hybridized carbons (Fsp3) is 0.636. The largest absolute Gasteiger partial charge is 0.350 e. The van der Waals surface area contributed by atoms with Gasteiger partial charge in [0.2, 0.25) is 5.91 Å². The lowest BCUT2D eigenvalue weighted by molar-refractivity contribution is -0.124. The van der Waals surface area contributed by atoms with E-state index in [-0.39, 0.29) is 39.4 Å². The molecule has 162 valence electrons. The number of hydrogen-bond donors (Lipinski definition) is 2. The summed E-state index contributed by atoms with van der Waals surface area (Å²) in [7, 11) is 0. The van der Waals surface area contributed by atoms with E-state index >= 15 is 0 Å². The second kappa shape index (κ2) is 9.43. The topological polar surface area (TPSA) is 61.4 Å². The number of carbonyl (C=O) groups excluding carboxylic acids is 2. The van der Waals surface area contributed by atoms with Crippen LogP contribution in [0.5, 0.6) is 0 Å².